The number of likely N-dealkylation sites (N-methyl/N-ethyl adjacent to an activating group) is 1. The molecule has 1 aromatic heterocycles. The maximum Gasteiger partial charge on any atom is 0.257 e. The highest BCUT2D eigenvalue weighted by atomic mass is 16.1. The summed E-state index contributed by atoms with van der Waals surface area (Å²) in [4.78, 5) is 20.3. The highest BCUT2D eigenvalue weighted by Crippen LogP contribution is 2.21. The van der Waals surface area contributed by atoms with E-state index in [1.807, 2.05) is 22.8 Å². The van der Waals surface area contributed by atoms with Crippen LogP contribution in [0.15, 0.2) is 35.1 Å². The van der Waals surface area contributed by atoms with Crippen LogP contribution in [-0.4, -0.2) is 41.6 Å². The Bertz CT molecular complexity index is 783. The van der Waals surface area contributed by atoms with Gasteiger partial charge in [-0.15, -0.1) is 0 Å². The third-order valence-corrected chi connectivity index (χ3v) is 5.07. The van der Waals surface area contributed by atoms with Gasteiger partial charge in [0.15, 0.2) is 0 Å². The van der Waals surface area contributed by atoms with Gasteiger partial charge in [-0.2, -0.15) is 0 Å². The Labute approximate surface area is 156 Å². The number of aryl methyl sites for hydroxylation is 1. The van der Waals surface area contributed by atoms with Crippen LogP contribution >= 0.6 is 0 Å². The van der Waals surface area contributed by atoms with Crippen LogP contribution in [0.2, 0.25) is 0 Å². The van der Waals surface area contributed by atoms with Gasteiger partial charge in [0.1, 0.15) is 5.82 Å². The third-order valence-electron chi connectivity index (χ3n) is 5.07. The molecule has 1 atom stereocenters. The average molecular weight is 354 g/mol. The van der Waals surface area contributed by atoms with Crippen molar-refractivity contribution in [2.24, 2.45) is 0 Å². The standard InChI is InChI=1S/C21H30N4O/c1-4-18(22-13-14-24(2)3)20-23-19-12-8-11-17(19)21(26)25(20)15-16-9-6-5-7-10-16/h5-7,9-10,18,22H,4,8,11-15H2,1-3H3. The van der Waals surface area contributed by atoms with Gasteiger partial charge < -0.3 is 10.2 Å². The number of aromatic nitrogens is 2. The lowest BCUT2D eigenvalue weighted by molar-refractivity contribution is 0.372. The average Bonchev–Trinajstić information content (AvgIpc) is 3.11. The van der Waals surface area contributed by atoms with Crippen molar-refractivity contribution in [3.05, 3.63) is 63.3 Å². The zero-order chi connectivity index (χ0) is 18.5. The summed E-state index contributed by atoms with van der Waals surface area (Å²) in [6.07, 6.45) is 3.74. The highest BCUT2D eigenvalue weighted by Gasteiger charge is 2.24. The summed E-state index contributed by atoms with van der Waals surface area (Å²) < 4.78 is 1.90. The fraction of sp³-hybridized carbons (Fsp3) is 0.524. The number of hydrogen-bond acceptors (Lipinski definition) is 4. The second-order valence-corrected chi connectivity index (χ2v) is 7.34. The molecule has 0 radical (unpaired) electrons. The predicted molar refractivity (Wildman–Crippen MR) is 106 cm³/mol. The molecule has 1 aliphatic rings. The first-order chi connectivity index (χ1) is 12.6. The Balaban J connectivity index is 1.96. The lowest BCUT2D eigenvalue weighted by atomic mass is 10.1. The lowest BCUT2D eigenvalue weighted by Gasteiger charge is -2.23. The quantitative estimate of drug-likeness (QED) is 0.791. The number of hydrogen-bond donors (Lipinski definition) is 1. The van der Waals surface area contributed by atoms with Crippen LogP contribution in [0.4, 0.5) is 0 Å². The molecule has 1 N–H and O–H groups in total. The number of nitrogens with one attached hydrogen (secondary N) is 1. The minimum absolute atomic E-state index is 0.0947. The molecule has 0 saturated carbocycles. The first kappa shape index (κ1) is 18.8. The Kier molecular flexibility index (Phi) is 6.22. The van der Waals surface area contributed by atoms with Gasteiger partial charge in [-0.3, -0.25) is 9.36 Å². The van der Waals surface area contributed by atoms with Crippen LogP contribution in [0.3, 0.4) is 0 Å². The van der Waals surface area contributed by atoms with Crippen molar-refractivity contribution in [2.75, 3.05) is 27.2 Å². The van der Waals surface area contributed by atoms with Crippen molar-refractivity contribution in [2.45, 2.75) is 45.2 Å². The van der Waals surface area contributed by atoms with E-state index in [2.05, 4.69) is 43.4 Å². The van der Waals surface area contributed by atoms with Crippen molar-refractivity contribution in [3.8, 4) is 0 Å². The van der Waals surface area contributed by atoms with Gasteiger partial charge in [-0.1, -0.05) is 37.3 Å². The van der Waals surface area contributed by atoms with Crippen LogP contribution < -0.4 is 10.9 Å². The van der Waals surface area contributed by atoms with E-state index in [1.54, 1.807) is 0 Å². The van der Waals surface area contributed by atoms with Gasteiger partial charge in [-0.05, 0) is 45.3 Å². The molecular weight excluding hydrogens is 324 g/mol. The van der Waals surface area contributed by atoms with E-state index in [0.717, 1.165) is 61.4 Å². The SMILES string of the molecule is CCC(NCCN(C)C)c1nc2c(c(=O)n1Cc1ccccc1)CCC2. The van der Waals surface area contributed by atoms with Gasteiger partial charge in [0.25, 0.3) is 5.56 Å². The summed E-state index contributed by atoms with van der Waals surface area (Å²) in [5.74, 6) is 0.890. The van der Waals surface area contributed by atoms with Gasteiger partial charge in [0, 0.05) is 18.7 Å². The van der Waals surface area contributed by atoms with Crippen LogP contribution in [-0.2, 0) is 19.4 Å². The van der Waals surface area contributed by atoms with E-state index in [-0.39, 0.29) is 11.6 Å². The van der Waals surface area contributed by atoms with Crippen molar-refractivity contribution in [1.29, 1.82) is 0 Å². The van der Waals surface area contributed by atoms with Crippen LogP contribution in [0.5, 0.6) is 0 Å². The first-order valence-corrected chi connectivity index (χ1v) is 9.64. The summed E-state index contributed by atoms with van der Waals surface area (Å²) in [7, 11) is 4.14. The fourth-order valence-corrected chi connectivity index (χ4v) is 3.61. The number of nitrogens with zero attached hydrogens (tertiary/aromatic N) is 3. The minimum atomic E-state index is 0.0947. The molecule has 1 unspecified atom stereocenters. The molecule has 0 fully saturated rings. The summed E-state index contributed by atoms with van der Waals surface area (Å²) in [6, 6.07) is 10.3. The molecule has 2 aromatic rings. The third kappa shape index (κ3) is 4.22. The van der Waals surface area contributed by atoms with Crippen LogP contribution in [0.25, 0.3) is 0 Å². The summed E-state index contributed by atoms with van der Waals surface area (Å²) in [5, 5.41) is 3.60. The van der Waals surface area contributed by atoms with E-state index in [1.165, 1.54) is 0 Å². The zero-order valence-electron chi connectivity index (χ0n) is 16.2. The molecule has 0 saturated heterocycles. The highest BCUT2D eigenvalue weighted by molar-refractivity contribution is 5.26. The molecule has 3 rings (SSSR count). The summed E-state index contributed by atoms with van der Waals surface area (Å²) in [5.41, 5.74) is 3.23. The monoisotopic (exact) mass is 354 g/mol. The lowest BCUT2D eigenvalue weighted by Crippen LogP contribution is -2.36. The number of benzene rings is 1. The van der Waals surface area contributed by atoms with Gasteiger partial charge in [0.2, 0.25) is 0 Å². The first-order valence-electron chi connectivity index (χ1n) is 9.64. The minimum Gasteiger partial charge on any atom is -0.308 e. The van der Waals surface area contributed by atoms with E-state index in [0.29, 0.717) is 6.54 Å². The molecule has 26 heavy (non-hydrogen) atoms. The maximum atomic E-state index is 13.2. The van der Waals surface area contributed by atoms with Crippen molar-refractivity contribution in [1.82, 2.24) is 19.8 Å². The Hall–Kier alpha value is -1.98. The molecule has 140 valence electrons. The van der Waals surface area contributed by atoms with Gasteiger partial charge in [0.05, 0.1) is 18.3 Å². The molecule has 0 bridgehead atoms. The normalized spacial score (nSPS) is 14.6. The molecule has 1 heterocycles. The van der Waals surface area contributed by atoms with E-state index < -0.39 is 0 Å². The van der Waals surface area contributed by atoms with Crippen molar-refractivity contribution >= 4 is 0 Å². The number of fused-ring (bicyclic) bond motifs is 1. The van der Waals surface area contributed by atoms with Crippen LogP contribution in [0.1, 0.15) is 48.5 Å². The van der Waals surface area contributed by atoms with Crippen molar-refractivity contribution in [3.63, 3.8) is 0 Å². The van der Waals surface area contributed by atoms with Crippen molar-refractivity contribution < 1.29 is 0 Å². The second kappa shape index (κ2) is 8.60. The molecule has 0 spiro atoms. The Morgan fingerprint density at radius 3 is 2.69 bits per heavy atom. The van der Waals surface area contributed by atoms with E-state index >= 15 is 0 Å². The molecule has 1 aliphatic carbocycles. The summed E-state index contributed by atoms with van der Waals surface area (Å²) >= 11 is 0. The van der Waals surface area contributed by atoms with E-state index in [4.69, 9.17) is 4.98 Å². The zero-order valence-corrected chi connectivity index (χ0v) is 16.2. The Morgan fingerprint density at radius 1 is 1.23 bits per heavy atom. The molecule has 0 aliphatic heterocycles. The van der Waals surface area contributed by atoms with Gasteiger partial charge in [-0.25, -0.2) is 4.98 Å². The molecule has 1 aromatic carbocycles. The van der Waals surface area contributed by atoms with Crippen LogP contribution in [0, 0.1) is 0 Å². The second-order valence-electron chi connectivity index (χ2n) is 7.34. The predicted octanol–water partition coefficient (Wildman–Crippen LogP) is 2.38. The smallest absolute Gasteiger partial charge is 0.257 e. The largest absolute Gasteiger partial charge is 0.308 e. The Morgan fingerprint density at radius 2 is 2.00 bits per heavy atom. The van der Waals surface area contributed by atoms with Gasteiger partial charge >= 0.3 is 0 Å². The maximum absolute atomic E-state index is 13.2. The molecular formula is C21H30N4O. The molecule has 5 heteroatoms. The topological polar surface area (TPSA) is 50.2 Å². The molecule has 5 nitrogen and oxygen atoms in total. The fourth-order valence-electron chi connectivity index (χ4n) is 3.61. The number of rotatable bonds is 8. The molecule has 0 amide bonds. The van der Waals surface area contributed by atoms with E-state index in [9.17, 15) is 4.79 Å². The summed E-state index contributed by atoms with van der Waals surface area (Å²) in [6.45, 7) is 4.58.